The molecule has 0 radical (unpaired) electrons. The van der Waals surface area contributed by atoms with E-state index in [-0.39, 0.29) is 23.9 Å². The number of amides is 1. The highest BCUT2D eigenvalue weighted by Crippen LogP contribution is 2.26. The van der Waals surface area contributed by atoms with Gasteiger partial charge < -0.3 is 19.9 Å². The van der Waals surface area contributed by atoms with Gasteiger partial charge in [-0.05, 0) is 56.5 Å². The van der Waals surface area contributed by atoms with Crippen LogP contribution in [-0.2, 0) is 16.0 Å². The van der Waals surface area contributed by atoms with Crippen LogP contribution in [-0.4, -0.2) is 36.2 Å². The first kappa shape index (κ1) is 20.4. The molecule has 4 rings (SSSR count). The van der Waals surface area contributed by atoms with E-state index in [0.29, 0.717) is 30.9 Å². The van der Waals surface area contributed by atoms with Gasteiger partial charge in [0.05, 0.1) is 17.9 Å². The van der Waals surface area contributed by atoms with Crippen LogP contribution in [0.4, 0.5) is 15.8 Å². The van der Waals surface area contributed by atoms with Crippen LogP contribution in [0.2, 0.25) is 0 Å². The second-order valence-corrected chi connectivity index (χ2v) is 8.09. The van der Waals surface area contributed by atoms with E-state index in [9.17, 15) is 9.18 Å². The number of fused-ring (bicyclic) bond motifs is 1. The molecule has 1 fully saturated rings. The Labute approximate surface area is 176 Å². The molecule has 0 bridgehead atoms. The molecule has 1 aliphatic rings. The van der Waals surface area contributed by atoms with Gasteiger partial charge in [0.2, 0.25) is 5.91 Å². The molecule has 2 N–H and O–H groups in total. The fourth-order valence-corrected chi connectivity index (χ4v) is 4.22. The van der Waals surface area contributed by atoms with E-state index >= 15 is 0 Å². The highest BCUT2D eigenvalue weighted by molar-refractivity contribution is 5.91. The van der Waals surface area contributed by atoms with E-state index in [4.69, 9.17) is 4.74 Å². The van der Waals surface area contributed by atoms with Gasteiger partial charge >= 0.3 is 0 Å². The number of aromatic nitrogens is 1. The fraction of sp³-hybridized carbons (Fsp3) is 0.375. The molecule has 1 aromatic heterocycles. The van der Waals surface area contributed by atoms with Gasteiger partial charge in [0.25, 0.3) is 0 Å². The maximum atomic E-state index is 14.7. The van der Waals surface area contributed by atoms with Crippen LogP contribution in [0.25, 0.3) is 10.9 Å². The zero-order chi connectivity index (χ0) is 21.1. The second kappa shape index (κ2) is 8.88. The summed E-state index contributed by atoms with van der Waals surface area (Å²) in [6, 6.07) is 13.0. The van der Waals surface area contributed by atoms with Crippen LogP contribution in [0.3, 0.4) is 0 Å². The lowest BCUT2D eigenvalue weighted by molar-refractivity contribution is -0.116. The van der Waals surface area contributed by atoms with E-state index in [1.807, 2.05) is 43.1 Å². The van der Waals surface area contributed by atoms with Gasteiger partial charge in [0.1, 0.15) is 5.82 Å². The van der Waals surface area contributed by atoms with Gasteiger partial charge in [-0.2, -0.15) is 0 Å². The summed E-state index contributed by atoms with van der Waals surface area (Å²) in [4.78, 5) is 17.6. The van der Waals surface area contributed by atoms with E-state index in [1.165, 1.54) is 17.0 Å². The summed E-state index contributed by atoms with van der Waals surface area (Å²) in [5.41, 5.74) is 3.36. The Morgan fingerprint density at radius 1 is 1.20 bits per heavy atom. The maximum Gasteiger partial charge on any atom is 0.224 e. The van der Waals surface area contributed by atoms with Crippen molar-refractivity contribution >= 4 is 28.2 Å². The van der Waals surface area contributed by atoms with Gasteiger partial charge in [-0.1, -0.05) is 18.2 Å². The standard InChI is InChI=1S/C24H28FN3O2/c1-16-14-28(15-17(2)30-16)23-11-10-19(12-21(23)25)27-24(29)9-5-6-18-13-26-22-8-4-3-7-20(18)22/h3-4,7-8,10-13,16-17,26H,5-6,9,14-15H2,1-2H3,(H,27,29). The normalized spacial score (nSPS) is 19.2. The zero-order valence-corrected chi connectivity index (χ0v) is 17.5. The topological polar surface area (TPSA) is 57.4 Å². The van der Waals surface area contributed by atoms with Crippen molar-refractivity contribution in [2.75, 3.05) is 23.3 Å². The molecule has 0 saturated carbocycles. The minimum atomic E-state index is -0.326. The average molecular weight is 410 g/mol. The smallest absolute Gasteiger partial charge is 0.224 e. The third kappa shape index (κ3) is 4.65. The molecule has 2 aromatic carbocycles. The summed E-state index contributed by atoms with van der Waals surface area (Å²) in [6.45, 7) is 5.29. The number of H-pyrrole nitrogens is 1. The first-order chi connectivity index (χ1) is 14.5. The number of aryl methyl sites for hydroxylation is 1. The van der Waals surface area contributed by atoms with E-state index < -0.39 is 0 Å². The summed E-state index contributed by atoms with van der Waals surface area (Å²) in [7, 11) is 0. The van der Waals surface area contributed by atoms with Crippen molar-refractivity contribution in [3.63, 3.8) is 0 Å². The van der Waals surface area contributed by atoms with Crippen molar-refractivity contribution in [1.29, 1.82) is 0 Å². The van der Waals surface area contributed by atoms with Crippen LogP contribution >= 0.6 is 0 Å². The van der Waals surface area contributed by atoms with Crippen LogP contribution in [0.5, 0.6) is 0 Å². The number of rotatable bonds is 6. The summed E-state index contributed by atoms with van der Waals surface area (Å²) < 4.78 is 20.4. The first-order valence-corrected chi connectivity index (χ1v) is 10.5. The van der Waals surface area contributed by atoms with Gasteiger partial charge in [-0.25, -0.2) is 4.39 Å². The number of hydrogen-bond acceptors (Lipinski definition) is 3. The number of ether oxygens (including phenoxy) is 1. The van der Waals surface area contributed by atoms with E-state index in [2.05, 4.69) is 16.4 Å². The van der Waals surface area contributed by atoms with Crippen LogP contribution < -0.4 is 10.2 Å². The molecule has 0 spiro atoms. The molecule has 30 heavy (non-hydrogen) atoms. The lowest BCUT2D eigenvalue weighted by Crippen LogP contribution is -2.45. The highest BCUT2D eigenvalue weighted by Gasteiger charge is 2.24. The fourth-order valence-electron chi connectivity index (χ4n) is 4.22. The molecule has 158 valence electrons. The summed E-state index contributed by atoms with van der Waals surface area (Å²) >= 11 is 0. The van der Waals surface area contributed by atoms with Crippen molar-refractivity contribution < 1.29 is 13.9 Å². The molecule has 5 nitrogen and oxygen atoms in total. The Balaban J connectivity index is 1.31. The largest absolute Gasteiger partial charge is 0.372 e. The molecule has 2 atom stereocenters. The molecule has 0 aliphatic carbocycles. The Morgan fingerprint density at radius 3 is 2.73 bits per heavy atom. The van der Waals surface area contributed by atoms with Crippen molar-refractivity contribution in [2.45, 2.75) is 45.3 Å². The van der Waals surface area contributed by atoms with E-state index in [1.54, 1.807) is 12.1 Å². The number of aromatic amines is 1. The van der Waals surface area contributed by atoms with Crippen molar-refractivity contribution in [3.05, 3.63) is 60.0 Å². The average Bonchev–Trinajstić information content (AvgIpc) is 3.10. The van der Waals surface area contributed by atoms with Crippen molar-refractivity contribution in [3.8, 4) is 0 Å². The quantitative estimate of drug-likeness (QED) is 0.610. The molecule has 2 heterocycles. The zero-order valence-electron chi connectivity index (χ0n) is 17.5. The van der Waals surface area contributed by atoms with Gasteiger partial charge in [0, 0.05) is 42.3 Å². The second-order valence-electron chi connectivity index (χ2n) is 8.09. The van der Waals surface area contributed by atoms with Crippen molar-refractivity contribution in [1.82, 2.24) is 4.98 Å². The maximum absolute atomic E-state index is 14.7. The highest BCUT2D eigenvalue weighted by atomic mass is 19.1. The van der Waals surface area contributed by atoms with Crippen LogP contribution in [0, 0.1) is 5.82 Å². The molecule has 3 aromatic rings. The van der Waals surface area contributed by atoms with Crippen molar-refractivity contribution in [2.24, 2.45) is 0 Å². The summed E-state index contributed by atoms with van der Waals surface area (Å²) in [6.07, 6.45) is 4.07. The molecule has 6 heteroatoms. The molecule has 1 aliphatic heterocycles. The SMILES string of the molecule is CC1CN(c2ccc(NC(=O)CCCc3c[nH]c4ccccc34)cc2F)CC(C)O1. The number of benzene rings is 2. The molecule has 2 unspecified atom stereocenters. The monoisotopic (exact) mass is 409 g/mol. The van der Waals surface area contributed by atoms with E-state index in [0.717, 1.165) is 18.4 Å². The molecular weight excluding hydrogens is 381 g/mol. The third-order valence-corrected chi connectivity index (χ3v) is 5.52. The minimum Gasteiger partial charge on any atom is -0.372 e. The number of carbonyl (C=O) groups excluding carboxylic acids is 1. The number of morpholine rings is 1. The van der Waals surface area contributed by atoms with Crippen LogP contribution in [0.15, 0.2) is 48.7 Å². The van der Waals surface area contributed by atoms with Gasteiger partial charge in [-0.15, -0.1) is 0 Å². The Kier molecular flexibility index (Phi) is 6.04. The predicted molar refractivity (Wildman–Crippen MR) is 118 cm³/mol. The lowest BCUT2D eigenvalue weighted by Gasteiger charge is -2.37. The Bertz CT molecular complexity index is 1020. The number of para-hydroxylation sites is 1. The number of nitrogens with zero attached hydrogens (tertiary/aromatic N) is 1. The number of carbonyl (C=O) groups is 1. The number of anilines is 2. The van der Waals surface area contributed by atoms with Crippen LogP contribution in [0.1, 0.15) is 32.3 Å². The molecule has 1 amide bonds. The number of halogens is 1. The predicted octanol–water partition coefficient (Wildman–Crippen LogP) is 4.88. The number of hydrogen-bond donors (Lipinski definition) is 2. The molecular formula is C24H28FN3O2. The Morgan fingerprint density at radius 2 is 1.97 bits per heavy atom. The Hall–Kier alpha value is -2.86. The minimum absolute atomic E-state index is 0.0599. The summed E-state index contributed by atoms with van der Waals surface area (Å²) in [5.74, 6) is -0.427. The molecule has 1 saturated heterocycles. The van der Waals surface area contributed by atoms with Gasteiger partial charge in [-0.3, -0.25) is 4.79 Å². The summed E-state index contributed by atoms with van der Waals surface area (Å²) in [5, 5.41) is 4.01. The number of nitrogens with one attached hydrogen (secondary N) is 2. The lowest BCUT2D eigenvalue weighted by atomic mass is 10.1. The third-order valence-electron chi connectivity index (χ3n) is 5.52. The first-order valence-electron chi connectivity index (χ1n) is 10.5. The van der Waals surface area contributed by atoms with Gasteiger partial charge in [0.15, 0.2) is 0 Å².